The minimum Gasteiger partial charge on any atom is -0.283 e. The van der Waals surface area contributed by atoms with Crippen LogP contribution in [-0.2, 0) is 0 Å². The van der Waals surface area contributed by atoms with E-state index in [-0.39, 0.29) is 0 Å². The van der Waals surface area contributed by atoms with Gasteiger partial charge in [0.2, 0.25) is 0 Å². The largest absolute Gasteiger partial charge is 0.283 e. The van der Waals surface area contributed by atoms with Crippen LogP contribution in [0, 0.1) is 0 Å². The van der Waals surface area contributed by atoms with Gasteiger partial charge in [-0.2, -0.15) is 0 Å². The van der Waals surface area contributed by atoms with Crippen molar-refractivity contribution in [2.24, 2.45) is 0 Å². The van der Waals surface area contributed by atoms with Gasteiger partial charge in [-0.05, 0) is 13.0 Å². The molecule has 3 atom stereocenters. The number of rotatable bonds is 2. The van der Waals surface area contributed by atoms with Crippen LogP contribution in [0.15, 0.2) is 11.6 Å². The van der Waals surface area contributed by atoms with Gasteiger partial charge in [-0.25, -0.2) is 4.90 Å². The number of halogens is 1. The molecule has 80 valence electrons. The third kappa shape index (κ3) is 1.94. The summed E-state index contributed by atoms with van der Waals surface area (Å²) < 4.78 is 1.02. The molecule has 0 saturated carbocycles. The molecule has 4 nitrogen and oxygen atoms in total. The van der Waals surface area contributed by atoms with Crippen molar-refractivity contribution in [1.29, 1.82) is 0 Å². The maximum absolute atomic E-state index is 5.58. The molecule has 2 aliphatic rings. The van der Waals surface area contributed by atoms with E-state index in [2.05, 4.69) is 22.5 Å². The molecular formula is C9H18ClN4+. The molecule has 0 amide bonds. The first-order chi connectivity index (χ1) is 6.76. The minimum absolute atomic E-state index is 0.481. The molecule has 0 aromatic rings. The molecular weight excluding hydrogens is 200 g/mol. The minimum atomic E-state index is 0.481. The van der Waals surface area contributed by atoms with Gasteiger partial charge in [-0.15, -0.1) is 0 Å². The summed E-state index contributed by atoms with van der Waals surface area (Å²) in [5, 5.41) is 6.96. The van der Waals surface area contributed by atoms with Gasteiger partial charge in [0.25, 0.3) is 0 Å². The van der Waals surface area contributed by atoms with Crippen molar-refractivity contribution < 1.29 is 4.48 Å². The molecule has 2 saturated heterocycles. The Morgan fingerprint density at radius 2 is 2.43 bits per heavy atom. The summed E-state index contributed by atoms with van der Waals surface area (Å²) in [5.41, 5.74) is 1.62. The van der Waals surface area contributed by atoms with Gasteiger partial charge < -0.3 is 0 Å². The molecule has 2 aliphatic heterocycles. The third-order valence-corrected chi connectivity index (χ3v) is 3.27. The highest BCUT2D eigenvalue weighted by molar-refractivity contribution is 6.25. The van der Waals surface area contributed by atoms with Crippen molar-refractivity contribution in [1.82, 2.24) is 15.5 Å². The van der Waals surface area contributed by atoms with Crippen molar-refractivity contribution in [3.63, 3.8) is 0 Å². The number of fused-ring (bicyclic) bond motifs is 2. The smallest absolute Gasteiger partial charge is 0.139 e. The molecule has 14 heavy (non-hydrogen) atoms. The van der Waals surface area contributed by atoms with Crippen molar-refractivity contribution in [2.75, 3.05) is 33.2 Å². The molecule has 3 unspecified atom stereocenters. The fourth-order valence-electron chi connectivity index (χ4n) is 2.19. The van der Waals surface area contributed by atoms with Crippen LogP contribution < -0.4 is 10.6 Å². The molecule has 2 fully saturated rings. The monoisotopic (exact) mass is 217 g/mol. The maximum atomic E-state index is 5.58. The molecule has 2 N–H and O–H groups in total. The Balaban J connectivity index is 2.04. The molecule has 2 rings (SSSR count). The standard InChI is InChI=1S/C9H18ClN4/c1-9-12-7-14(4-2-3-10)6-11-5-13(9)8-14/h2-3,9,11-12H,4-8H2,1H3/q+1/b3-2+. The topological polar surface area (TPSA) is 27.3 Å². The average Bonchev–Trinajstić information content (AvgIpc) is 2.22. The van der Waals surface area contributed by atoms with Crippen LogP contribution in [0.4, 0.5) is 0 Å². The Bertz CT molecular complexity index is 233. The average molecular weight is 218 g/mol. The van der Waals surface area contributed by atoms with Crippen molar-refractivity contribution in [2.45, 2.75) is 13.1 Å². The molecule has 0 aromatic heterocycles. The lowest BCUT2D eigenvalue weighted by atomic mass is 10.3. The lowest BCUT2D eigenvalue weighted by molar-refractivity contribution is -0.950. The second-order valence-electron chi connectivity index (χ2n) is 4.22. The first kappa shape index (κ1) is 10.4. The molecule has 0 spiro atoms. The van der Waals surface area contributed by atoms with E-state index in [9.17, 15) is 0 Å². The molecule has 5 heteroatoms. The van der Waals surface area contributed by atoms with E-state index >= 15 is 0 Å². The van der Waals surface area contributed by atoms with E-state index in [0.717, 1.165) is 37.7 Å². The zero-order chi connectivity index (χ0) is 10.0. The lowest BCUT2D eigenvalue weighted by Crippen LogP contribution is -2.74. The second kappa shape index (κ2) is 4.16. The Kier molecular flexibility index (Phi) is 3.09. The number of nitrogens with one attached hydrogen (secondary N) is 2. The fourth-order valence-corrected chi connectivity index (χ4v) is 2.27. The summed E-state index contributed by atoms with van der Waals surface area (Å²) in [6.07, 6.45) is 2.51. The van der Waals surface area contributed by atoms with Crippen LogP contribution in [0.5, 0.6) is 0 Å². The van der Waals surface area contributed by atoms with E-state index < -0.39 is 0 Å². The van der Waals surface area contributed by atoms with Gasteiger partial charge in [0.05, 0.1) is 12.8 Å². The van der Waals surface area contributed by atoms with E-state index in [4.69, 9.17) is 11.6 Å². The summed E-state index contributed by atoms with van der Waals surface area (Å²) in [6, 6.07) is 0. The zero-order valence-electron chi connectivity index (χ0n) is 8.54. The second-order valence-corrected chi connectivity index (χ2v) is 4.47. The Hall–Kier alpha value is -0.130. The predicted molar refractivity (Wildman–Crippen MR) is 57.2 cm³/mol. The fraction of sp³-hybridized carbons (Fsp3) is 0.778. The van der Waals surface area contributed by atoms with Gasteiger partial charge in [0.15, 0.2) is 0 Å². The summed E-state index contributed by atoms with van der Waals surface area (Å²) in [4.78, 5) is 2.41. The number of quaternary nitrogens is 1. The SMILES string of the molecule is CC1NC[N+]2(C/C=C/Cl)CNCN1C2. The normalized spacial score (nSPS) is 43.0. The molecule has 0 radical (unpaired) electrons. The van der Waals surface area contributed by atoms with Crippen LogP contribution >= 0.6 is 11.6 Å². The number of hydrogen-bond donors (Lipinski definition) is 2. The van der Waals surface area contributed by atoms with Crippen molar-refractivity contribution in [3.8, 4) is 0 Å². The van der Waals surface area contributed by atoms with E-state index in [1.165, 1.54) is 0 Å². The first-order valence-corrected chi connectivity index (χ1v) is 5.48. The number of hydrogen-bond acceptors (Lipinski definition) is 3. The van der Waals surface area contributed by atoms with Gasteiger partial charge >= 0.3 is 0 Å². The summed E-state index contributed by atoms with van der Waals surface area (Å²) in [5.74, 6) is 0. The van der Waals surface area contributed by atoms with Gasteiger partial charge in [0, 0.05) is 5.54 Å². The summed E-state index contributed by atoms with van der Waals surface area (Å²) in [7, 11) is 0. The van der Waals surface area contributed by atoms with E-state index in [0.29, 0.717) is 6.17 Å². The molecule has 0 aliphatic carbocycles. The van der Waals surface area contributed by atoms with E-state index in [1.807, 2.05) is 6.08 Å². The molecule has 0 aromatic carbocycles. The highest BCUT2D eigenvalue weighted by Crippen LogP contribution is 2.16. The summed E-state index contributed by atoms with van der Waals surface area (Å²) in [6.45, 7) is 7.34. The van der Waals surface area contributed by atoms with Crippen LogP contribution in [0.3, 0.4) is 0 Å². The van der Waals surface area contributed by atoms with Gasteiger partial charge in [0.1, 0.15) is 26.6 Å². The highest BCUT2D eigenvalue weighted by Gasteiger charge is 2.38. The lowest BCUT2D eigenvalue weighted by Gasteiger charge is -2.51. The maximum Gasteiger partial charge on any atom is 0.139 e. The Labute approximate surface area is 90.1 Å². The zero-order valence-corrected chi connectivity index (χ0v) is 9.30. The highest BCUT2D eigenvalue weighted by atomic mass is 35.5. The van der Waals surface area contributed by atoms with Gasteiger partial charge in [-0.3, -0.25) is 15.1 Å². The van der Waals surface area contributed by atoms with Crippen molar-refractivity contribution >= 4 is 11.6 Å². The molecule has 2 bridgehead atoms. The summed E-state index contributed by atoms with van der Waals surface area (Å²) >= 11 is 5.58. The molecule has 2 heterocycles. The third-order valence-electron chi connectivity index (χ3n) is 3.10. The van der Waals surface area contributed by atoms with Crippen LogP contribution in [-0.4, -0.2) is 48.8 Å². The van der Waals surface area contributed by atoms with E-state index in [1.54, 1.807) is 5.54 Å². The first-order valence-electron chi connectivity index (χ1n) is 5.04. The van der Waals surface area contributed by atoms with Crippen LogP contribution in [0.25, 0.3) is 0 Å². The Morgan fingerprint density at radius 1 is 1.57 bits per heavy atom. The Morgan fingerprint density at radius 3 is 3.21 bits per heavy atom. The van der Waals surface area contributed by atoms with Crippen LogP contribution in [0.2, 0.25) is 0 Å². The van der Waals surface area contributed by atoms with Crippen LogP contribution in [0.1, 0.15) is 6.92 Å². The number of nitrogens with zero attached hydrogens (tertiary/aromatic N) is 2. The van der Waals surface area contributed by atoms with Crippen molar-refractivity contribution in [3.05, 3.63) is 11.6 Å². The van der Waals surface area contributed by atoms with Gasteiger partial charge in [-0.1, -0.05) is 11.6 Å². The quantitative estimate of drug-likeness (QED) is 0.649. The predicted octanol–water partition coefficient (Wildman–Crippen LogP) is 0.240.